The number of anilines is 1. The SMILES string of the molecule is Cc1ccccc1C(=O)NC(CC(C)C)C(=O)Nc1cccc(CN2CCCCC2=O)c1. The molecular weight excluding hydrogens is 402 g/mol. The summed E-state index contributed by atoms with van der Waals surface area (Å²) < 4.78 is 0. The number of benzene rings is 2. The van der Waals surface area contributed by atoms with Crippen LogP contribution in [0.25, 0.3) is 0 Å². The van der Waals surface area contributed by atoms with Crippen LogP contribution in [0.3, 0.4) is 0 Å². The zero-order valence-corrected chi connectivity index (χ0v) is 19.2. The van der Waals surface area contributed by atoms with Gasteiger partial charge in [-0.25, -0.2) is 0 Å². The highest BCUT2D eigenvalue weighted by Crippen LogP contribution is 2.18. The Hall–Kier alpha value is -3.15. The number of hydrogen-bond donors (Lipinski definition) is 2. The van der Waals surface area contributed by atoms with Crippen LogP contribution in [0.15, 0.2) is 48.5 Å². The van der Waals surface area contributed by atoms with E-state index >= 15 is 0 Å². The van der Waals surface area contributed by atoms with Gasteiger partial charge in [0, 0.05) is 30.8 Å². The van der Waals surface area contributed by atoms with Crippen molar-refractivity contribution in [2.24, 2.45) is 5.92 Å². The molecule has 0 aromatic heterocycles. The van der Waals surface area contributed by atoms with E-state index in [9.17, 15) is 14.4 Å². The molecule has 2 aromatic carbocycles. The molecule has 0 aliphatic carbocycles. The number of carbonyl (C=O) groups excluding carboxylic acids is 3. The highest BCUT2D eigenvalue weighted by molar-refractivity contribution is 6.01. The van der Waals surface area contributed by atoms with Gasteiger partial charge >= 0.3 is 0 Å². The van der Waals surface area contributed by atoms with Crippen LogP contribution in [0, 0.1) is 12.8 Å². The number of piperidine rings is 1. The van der Waals surface area contributed by atoms with E-state index in [1.807, 2.05) is 68.1 Å². The molecule has 2 N–H and O–H groups in total. The van der Waals surface area contributed by atoms with Crippen LogP contribution in [-0.2, 0) is 16.1 Å². The molecule has 1 fully saturated rings. The second-order valence-electron chi connectivity index (χ2n) is 8.93. The third-order valence-corrected chi connectivity index (χ3v) is 5.71. The van der Waals surface area contributed by atoms with Crippen LogP contribution < -0.4 is 10.6 Å². The molecule has 0 radical (unpaired) electrons. The molecule has 3 amide bonds. The number of likely N-dealkylation sites (tertiary alicyclic amines) is 1. The summed E-state index contributed by atoms with van der Waals surface area (Å²) in [6.45, 7) is 7.25. The number of nitrogens with one attached hydrogen (secondary N) is 2. The zero-order valence-electron chi connectivity index (χ0n) is 19.2. The highest BCUT2D eigenvalue weighted by atomic mass is 16.2. The molecule has 6 nitrogen and oxygen atoms in total. The Morgan fingerprint density at radius 1 is 1.06 bits per heavy atom. The maximum Gasteiger partial charge on any atom is 0.252 e. The van der Waals surface area contributed by atoms with Crippen LogP contribution in [0.2, 0.25) is 0 Å². The summed E-state index contributed by atoms with van der Waals surface area (Å²) in [4.78, 5) is 39.8. The maximum atomic E-state index is 13.1. The Morgan fingerprint density at radius 2 is 1.84 bits per heavy atom. The number of amides is 3. The molecule has 0 spiro atoms. The summed E-state index contributed by atoms with van der Waals surface area (Å²) in [6.07, 6.45) is 3.12. The number of carbonyl (C=O) groups is 3. The van der Waals surface area contributed by atoms with Gasteiger partial charge < -0.3 is 15.5 Å². The van der Waals surface area contributed by atoms with Gasteiger partial charge in [-0.1, -0.05) is 44.2 Å². The Balaban J connectivity index is 1.68. The molecule has 32 heavy (non-hydrogen) atoms. The van der Waals surface area contributed by atoms with Gasteiger partial charge in [-0.3, -0.25) is 14.4 Å². The lowest BCUT2D eigenvalue weighted by atomic mass is 10.0. The van der Waals surface area contributed by atoms with E-state index in [4.69, 9.17) is 0 Å². The summed E-state index contributed by atoms with van der Waals surface area (Å²) in [7, 11) is 0. The Bertz CT molecular complexity index is 970. The van der Waals surface area contributed by atoms with Crippen molar-refractivity contribution in [3.8, 4) is 0 Å². The Labute approximate surface area is 190 Å². The zero-order chi connectivity index (χ0) is 23.1. The van der Waals surface area contributed by atoms with E-state index in [1.165, 1.54) is 0 Å². The number of aryl methyl sites for hydroxylation is 1. The molecule has 0 bridgehead atoms. The number of rotatable bonds is 8. The first-order valence-electron chi connectivity index (χ1n) is 11.4. The summed E-state index contributed by atoms with van der Waals surface area (Å²) >= 11 is 0. The van der Waals surface area contributed by atoms with Crippen molar-refractivity contribution < 1.29 is 14.4 Å². The molecule has 0 saturated carbocycles. The first-order valence-corrected chi connectivity index (χ1v) is 11.4. The second kappa shape index (κ2) is 10.9. The average molecular weight is 436 g/mol. The van der Waals surface area contributed by atoms with E-state index < -0.39 is 6.04 Å². The molecule has 1 saturated heterocycles. The van der Waals surface area contributed by atoms with Crippen LogP contribution in [-0.4, -0.2) is 35.2 Å². The van der Waals surface area contributed by atoms with E-state index in [0.717, 1.165) is 30.5 Å². The predicted molar refractivity (Wildman–Crippen MR) is 126 cm³/mol. The van der Waals surface area contributed by atoms with E-state index in [1.54, 1.807) is 6.07 Å². The molecule has 2 aromatic rings. The quantitative estimate of drug-likeness (QED) is 0.649. The lowest BCUT2D eigenvalue weighted by Crippen LogP contribution is -2.44. The van der Waals surface area contributed by atoms with Crippen LogP contribution >= 0.6 is 0 Å². The van der Waals surface area contributed by atoms with Crippen molar-refractivity contribution in [1.82, 2.24) is 10.2 Å². The van der Waals surface area contributed by atoms with Crippen molar-refractivity contribution in [3.05, 3.63) is 65.2 Å². The van der Waals surface area contributed by atoms with E-state index in [2.05, 4.69) is 10.6 Å². The monoisotopic (exact) mass is 435 g/mol. The fraction of sp³-hybridized carbons (Fsp3) is 0.423. The van der Waals surface area contributed by atoms with Crippen LogP contribution in [0.1, 0.15) is 61.0 Å². The van der Waals surface area contributed by atoms with E-state index in [0.29, 0.717) is 30.6 Å². The van der Waals surface area contributed by atoms with Crippen molar-refractivity contribution in [2.75, 3.05) is 11.9 Å². The normalized spacial score (nSPS) is 14.9. The largest absolute Gasteiger partial charge is 0.340 e. The summed E-state index contributed by atoms with van der Waals surface area (Å²) in [5.41, 5.74) is 3.08. The average Bonchev–Trinajstić information content (AvgIpc) is 2.75. The molecule has 1 unspecified atom stereocenters. The van der Waals surface area contributed by atoms with Gasteiger partial charge in [0.2, 0.25) is 11.8 Å². The molecule has 1 aliphatic heterocycles. The third-order valence-electron chi connectivity index (χ3n) is 5.71. The number of nitrogens with zero attached hydrogens (tertiary/aromatic N) is 1. The Morgan fingerprint density at radius 3 is 2.56 bits per heavy atom. The van der Waals surface area contributed by atoms with Gasteiger partial charge in [-0.15, -0.1) is 0 Å². The van der Waals surface area contributed by atoms with Gasteiger partial charge in [-0.2, -0.15) is 0 Å². The third kappa shape index (κ3) is 6.42. The van der Waals surface area contributed by atoms with Gasteiger partial charge in [0.05, 0.1) is 0 Å². The second-order valence-corrected chi connectivity index (χ2v) is 8.93. The molecule has 1 heterocycles. The maximum absolute atomic E-state index is 13.1. The summed E-state index contributed by atoms with van der Waals surface area (Å²) in [5.74, 6) is -0.0749. The highest BCUT2D eigenvalue weighted by Gasteiger charge is 2.24. The number of hydrogen-bond acceptors (Lipinski definition) is 3. The van der Waals surface area contributed by atoms with Gasteiger partial charge in [0.1, 0.15) is 6.04 Å². The molecular formula is C26H33N3O3. The van der Waals surface area contributed by atoms with Crippen molar-refractivity contribution in [3.63, 3.8) is 0 Å². The van der Waals surface area contributed by atoms with Gasteiger partial charge in [0.25, 0.3) is 5.91 Å². The first-order chi connectivity index (χ1) is 15.3. The minimum Gasteiger partial charge on any atom is -0.340 e. The Kier molecular flexibility index (Phi) is 8.03. The minimum atomic E-state index is -0.644. The van der Waals surface area contributed by atoms with Crippen molar-refractivity contribution in [2.45, 2.75) is 59.0 Å². The molecule has 6 heteroatoms. The van der Waals surface area contributed by atoms with Crippen LogP contribution in [0.4, 0.5) is 5.69 Å². The standard InChI is InChI=1S/C26H33N3O3/c1-18(2)15-23(28-25(31)22-12-5-4-9-19(22)3)26(32)27-21-11-8-10-20(16-21)17-29-14-7-6-13-24(29)30/h4-5,8-12,16,18,23H,6-7,13-15,17H2,1-3H3,(H,27,32)(H,28,31). The smallest absolute Gasteiger partial charge is 0.252 e. The van der Waals surface area contributed by atoms with Crippen molar-refractivity contribution >= 4 is 23.4 Å². The minimum absolute atomic E-state index is 0.182. The predicted octanol–water partition coefficient (Wildman–Crippen LogP) is 4.29. The fourth-order valence-electron chi connectivity index (χ4n) is 3.99. The lowest BCUT2D eigenvalue weighted by molar-refractivity contribution is -0.133. The lowest BCUT2D eigenvalue weighted by Gasteiger charge is -2.27. The summed E-state index contributed by atoms with van der Waals surface area (Å²) in [6, 6.07) is 14.3. The fourth-order valence-corrected chi connectivity index (χ4v) is 3.99. The van der Waals surface area contributed by atoms with Crippen molar-refractivity contribution in [1.29, 1.82) is 0 Å². The van der Waals surface area contributed by atoms with E-state index in [-0.39, 0.29) is 23.6 Å². The molecule has 1 atom stereocenters. The molecule has 1 aliphatic rings. The topological polar surface area (TPSA) is 78.5 Å². The summed E-state index contributed by atoms with van der Waals surface area (Å²) in [5, 5.41) is 5.86. The first kappa shape index (κ1) is 23.5. The van der Waals surface area contributed by atoms with Crippen LogP contribution in [0.5, 0.6) is 0 Å². The molecule has 170 valence electrons. The van der Waals surface area contributed by atoms with Gasteiger partial charge in [0.15, 0.2) is 0 Å². The van der Waals surface area contributed by atoms with Gasteiger partial charge in [-0.05, 0) is 61.4 Å². The molecule has 3 rings (SSSR count).